The van der Waals surface area contributed by atoms with E-state index in [1.807, 2.05) is 13.0 Å². The highest BCUT2D eigenvalue weighted by Gasteiger charge is 2.21. The Balaban J connectivity index is 2.38. The van der Waals surface area contributed by atoms with Crippen molar-refractivity contribution in [1.82, 2.24) is 9.78 Å². The smallest absolute Gasteiger partial charge is 0.227 e. The van der Waals surface area contributed by atoms with Gasteiger partial charge in [0.1, 0.15) is 0 Å². The first kappa shape index (κ1) is 12.5. The van der Waals surface area contributed by atoms with E-state index < -0.39 is 5.95 Å². The maximum absolute atomic E-state index is 14.1. The molecule has 0 bridgehead atoms. The minimum Gasteiger partial charge on any atom is -0.294 e. The molecule has 94 valence electrons. The topological polar surface area (TPSA) is 34.9 Å². The first-order valence-corrected chi connectivity index (χ1v) is 5.98. The molecule has 0 amide bonds. The van der Waals surface area contributed by atoms with E-state index in [-0.39, 0.29) is 17.3 Å². The summed E-state index contributed by atoms with van der Waals surface area (Å²) in [5, 5.41) is 3.94. The minimum atomic E-state index is -0.591. The van der Waals surface area contributed by atoms with Gasteiger partial charge in [-0.05, 0) is 18.6 Å². The van der Waals surface area contributed by atoms with E-state index in [0.717, 1.165) is 4.68 Å². The van der Waals surface area contributed by atoms with Crippen molar-refractivity contribution >= 4 is 5.78 Å². The Morgan fingerprint density at radius 3 is 2.67 bits per heavy atom. The molecule has 0 aliphatic carbocycles. The van der Waals surface area contributed by atoms with Crippen LogP contribution in [0.3, 0.4) is 0 Å². The number of Topliss-reactive ketones (excluding diaryl/α,β-unsaturated/α-hetero) is 1. The monoisotopic (exact) mass is 246 g/mol. The predicted molar refractivity (Wildman–Crippen MR) is 67.3 cm³/mol. The summed E-state index contributed by atoms with van der Waals surface area (Å²) in [6.07, 6.45) is 1.99. The largest absolute Gasteiger partial charge is 0.294 e. The first-order valence-electron chi connectivity index (χ1n) is 5.98. The van der Waals surface area contributed by atoms with Crippen molar-refractivity contribution in [3.05, 3.63) is 48.0 Å². The summed E-state index contributed by atoms with van der Waals surface area (Å²) in [5.41, 5.74) is 0.673. The van der Waals surface area contributed by atoms with Gasteiger partial charge in [-0.25, -0.2) is 4.68 Å². The normalized spacial score (nSPS) is 12.4. The van der Waals surface area contributed by atoms with Crippen LogP contribution in [0.5, 0.6) is 0 Å². The number of carbonyl (C=O) groups is 1. The van der Waals surface area contributed by atoms with E-state index >= 15 is 0 Å². The van der Waals surface area contributed by atoms with Gasteiger partial charge in [0.25, 0.3) is 0 Å². The van der Waals surface area contributed by atoms with Gasteiger partial charge in [-0.15, -0.1) is 0 Å². The molecular formula is C14H15FN2O. The lowest BCUT2D eigenvalue weighted by Crippen LogP contribution is -2.12. The molecule has 0 aliphatic heterocycles. The molecule has 2 rings (SSSR count). The Hall–Kier alpha value is -1.97. The highest BCUT2D eigenvalue weighted by molar-refractivity contribution is 5.97. The third-order valence-corrected chi connectivity index (χ3v) is 3.04. The van der Waals surface area contributed by atoms with Gasteiger partial charge in [0.15, 0.2) is 5.78 Å². The van der Waals surface area contributed by atoms with Gasteiger partial charge in [-0.1, -0.05) is 32.0 Å². The van der Waals surface area contributed by atoms with E-state index in [1.165, 1.54) is 6.20 Å². The molecule has 2 aromatic rings. The van der Waals surface area contributed by atoms with Crippen LogP contribution in [0.2, 0.25) is 0 Å². The van der Waals surface area contributed by atoms with E-state index in [9.17, 15) is 9.18 Å². The van der Waals surface area contributed by atoms with Crippen LogP contribution in [0.25, 0.3) is 5.69 Å². The second-order valence-electron chi connectivity index (χ2n) is 4.27. The third-order valence-electron chi connectivity index (χ3n) is 3.04. The quantitative estimate of drug-likeness (QED) is 0.776. The van der Waals surface area contributed by atoms with Gasteiger partial charge >= 0.3 is 0 Å². The lowest BCUT2D eigenvalue weighted by Gasteiger charge is -2.05. The van der Waals surface area contributed by atoms with Crippen molar-refractivity contribution < 1.29 is 9.18 Å². The standard InChI is InChI=1S/C14H15FN2O/c1-3-10(2)13(18)12-9-16-17(14(12)15)11-7-5-4-6-8-11/h4-10H,3H2,1-2H3. The molecule has 1 atom stereocenters. The average Bonchev–Trinajstić information content (AvgIpc) is 2.80. The summed E-state index contributed by atoms with van der Waals surface area (Å²) in [6.45, 7) is 3.70. The SMILES string of the molecule is CCC(C)C(=O)c1cnn(-c2ccccc2)c1F. The lowest BCUT2D eigenvalue weighted by atomic mass is 9.99. The summed E-state index contributed by atoms with van der Waals surface area (Å²) < 4.78 is 15.3. The molecule has 3 nitrogen and oxygen atoms in total. The number of benzene rings is 1. The summed E-state index contributed by atoms with van der Waals surface area (Å²) in [5.74, 6) is -0.975. The third kappa shape index (κ3) is 2.18. The highest BCUT2D eigenvalue weighted by atomic mass is 19.1. The first-order chi connectivity index (χ1) is 8.65. The summed E-state index contributed by atoms with van der Waals surface area (Å²) in [4.78, 5) is 11.9. The Morgan fingerprint density at radius 1 is 1.39 bits per heavy atom. The van der Waals surface area contributed by atoms with E-state index in [1.54, 1.807) is 31.2 Å². The van der Waals surface area contributed by atoms with Crippen LogP contribution >= 0.6 is 0 Å². The van der Waals surface area contributed by atoms with Gasteiger partial charge in [0, 0.05) is 5.92 Å². The molecule has 0 saturated heterocycles. The van der Waals surface area contributed by atoms with Crippen LogP contribution in [0.1, 0.15) is 30.6 Å². The number of nitrogens with zero attached hydrogens (tertiary/aromatic N) is 2. The van der Waals surface area contributed by atoms with Crippen LogP contribution in [-0.4, -0.2) is 15.6 Å². The molecule has 4 heteroatoms. The molecule has 18 heavy (non-hydrogen) atoms. The minimum absolute atomic E-state index is 0.0632. The fourth-order valence-corrected chi connectivity index (χ4v) is 1.70. The summed E-state index contributed by atoms with van der Waals surface area (Å²) >= 11 is 0. The lowest BCUT2D eigenvalue weighted by molar-refractivity contribution is 0.0923. The molecule has 1 unspecified atom stereocenters. The zero-order valence-electron chi connectivity index (χ0n) is 10.4. The number of hydrogen-bond acceptors (Lipinski definition) is 2. The molecule has 1 aromatic carbocycles. The number of hydrogen-bond donors (Lipinski definition) is 0. The van der Waals surface area contributed by atoms with Gasteiger partial charge < -0.3 is 0 Å². The van der Waals surface area contributed by atoms with Crippen molar-refractivity contribution in [2.24, 2.45) is 5.92 Å². The average molecular weight is 246 g/mol. The molecule has 0 aliphatic rings. The number of ketones is 1. The van der Waals surface area contributed by atoms with Gasteiger partial charge in [0.05, 0.1) is 17.4 Å². The molecule has 0 saturated carbocycles. The number of carbonyl (C=O) groups excluding carboxylic acids is 1. The van der Waals surface area contributed by atoms with Crippen molar-refractivity contribution in [2.75, 3.05) is 0 Å². The van der Waals surface area contributed by atoms with Crippen LogP contribution in [0, 0.1) is 11.9 Å². The second kappa shape index (κ2) is 5.12. The van der Waals surface area contributed by atoms with Gasteiger partial charge in [0.2, 0.25) is 5.95 Å². The Morgan fingerprint density at radius 2 is 2.06 bits per heavy atom. The summed E-state index contributed by atoms with van der Waals surface area (Å²) in [7, 11) is 0. The molecule has 1 aromatic heterocycles. The van der Waals surface area contributed by atoms with Crippen LogP contribution < -0.4 is 0 Å². The number of aromatic nitrogens is 2. The van der Waals surface area contributed by atoms with E-state index in [4.69, 9.17) is 0 Å². The fraction of sp³-hybridized carbons (Fsp3) is 0.286. The van der Waals surface area contributed by atoms with Crippen LogP contribution in [0.15, 0.2) is 36.5 Å². The number of halogens is 1. The molecule has 0 N–H and O–H groups in total. The van der Waals surface area contributed by atoms with E-state index in [0.29, 0.717) is 12.1 Å². The van der Waals surface area contributed by atoms with Crippen LogP contribution in [-0.2, 0) is 0 Å². The number of para-hydroxylation sites is 1. The van der Waals surface area contributed by atoms with E-state index in [2.05, 4.69) is 5.10 Å². The van der Waals surface area contributed by atoms with Crippen molar-refractivity contribution in [3.63, 3.8) is 0 Å². The van der Waals surface area contributed by atoms with Crippen molar-refractivity contribution in [1.29, 1.82) is 0 Å². The Bertz CT molecular complexity index is 548. The molecule has 0 fully saturated rings. The van der Waals surface area contributed by atoms with Gasteiger partial charge in [-0.3, -0.25) is 4.79 Å². The Labute approximate surface area is 105 Å². The number of rotatable bonds is 4. The highest BCUT2D eigenvalue weighted by Crippen LogP contribution is 2.17. The van der Waals surface area contributed by atoms with Gasteiger partial charge in [-0.2, -0.15) is 9.49 Å². The van der Waals surface area contributed by atoms with Crippen LogP contribution in [0.4, 0.5) is 4.39 Å². The summed E-state index contributed by atoms with van der Waals surface area (Å²) in [6, 6.07) is 8.93. The molecule has 0 spiro atoms. The maximum Gasteiger partial charge on any atom is 0.227 e. The molecule has 0 radical (unpaired) electrons. The maximum atomic E-state index is 14.1. The van der Waals surface area contributed by atoms with Crippen molar-refractivity contribution in [2.45, 2.75) is 20.3 Å². The zero-order chi connectivity index (χ0) is 13.1. The van der Waals surface area contributed by atoms with Crippen molar-refractivity contribution in [3.8, 4) is 5.69 Å². The molecule has 1 heterocycles. The Kier molecular flexibility index (Phi) is 3.55. The fourth-order valence-electron chi connectivity index (χ4n) is 1.70. The second-order valence-corrected chi connectivity index (χ2v) is 4.27. The molecular weight excluding hydrogens is 231 g/mol. The predicted octanol–water partition coefficient (Wildman–Crippen LogP) is 3.24. The zero-order valence-corrected chi connectivity index (χ0v) is 10.4.